The van der Waals surface area contributed by atoms with Crippen molar-refractivity contribution >= 4 is 5.91 Å². The predicted molar refractivity (Wildman–Crippen MR) is 80.1 cm³/mol. The number of carbonyl (C=O) groups excluding carboxylic acids is 1. The summed E-state index contributed by atoms with van der Waals surface area (Å²) in [4.78, 5) is 14.5. The zero-order valence-corrected chi connectivity index (χ0v) is 12.8. The molecule has 0 aliphatic carbocycles. The molecule has 0 radical (unpaired) electrons. The maximum atomic E-state index is 14.0. The molecule has 2 aliphatic rings. The van der Waals surface area contributed by atoms with Crippen LogP contribution in [0, 0.1) is 18.7 Å². The van der Waals surface area contributed by atoms with Gasteiger partial charge in [0.05, 0.1) is 18.3 Å². The van der Waals surface area contributed by atoms with Crippen molar-refractivity contribution in [1.82, 2.24) is 4.90 Å². The minimum absolute atomic E-state index is 0.0669. The number of benzene rings is 1. The molecule has 1 aromatic carbocycles. The second-order valence-corrected chi connectivity index (χ2v) is 6.29. The molecular weight excluding hydrogens is 285 g/mol. The monoisotopic (exact) mass is 307 g/mol. The van der Waals surface area contributed by atoms with Gasteiger partial charge in [-0.2, -0.15) is 0 Å². The van der Waals surface area contributed by atoms with E-state index in [9.17, 15) is 14.3 Å². The maximum Gasteiger partial charge on any atom is 0.257 e. The molecule has 3 atom stereocenters. The predicted octanol–water partition coefficient (Wildman–Crippen LogP) is 2.14. The number of carbonyl (C=O) groups is 1. The molecule has 2 fully saturated rings. The van der Waals surface area contributed by atoms with Gasteiger partial charge in [0.25, 0.3) is 5.91 Å². The van der Waals surface area contributed by atoms with Gasteiger partial charge in [0, 0.05) is 25.1 Å². The third-order valence-corrected chi connectivity index (χ3v) is 4.77. The third kappa shape index (κ3) is 2.88. The lowest BCUT2D eigenvalue weighted by Crippen LogP contribution is -2.48. The molecule has 120 valence electrons. The molecule has 1 aromatic rings. The summed E-state index contributed by atoms with van der Waals surface area (Å²) < 4.78 is 19.5. The summed E-state index contributed by atoms with van der Waals surface area (Å²) in [5.41, 5.74) is 0.986. The molecule has 2 heterocycles. The number of aryl methyl sites for hydroxylation is 1. The van der Waals surface area contributed by atoms with Crippen LogP contribution in [-0.4, -0.2) is 47.8 Å². The Balaban J connectivity index is 1.83. The molecule has 0 unspecified atom stereocenters. The number of likely N-dealkylation sites (tertiary alicyclic amines) is 1. The molecule has 0 aromatic heterocycles. The number of aliphatic hydroxyl groups is 1. The molecule has 4 nitrogen and oxygen atoms in total. The lowest BCUT2D eigenvalue weighted by molar-refractivity contribution is -0.0589. The van der Waals surface area contributed by atoms with Gasteiger partial charge in [0.15, 0.2) is 0 Å². The summed E-state index contributed by atoms with van der Waals surface area (Å²) >= 11 is 0. The number of nitrogens with zero attached hydrogens (tertiary/aromatic N) is 1. The summed E-state index contributed by atoms with van der Waals surface area (Å²) in [6.45, 7) is 3.48. The van der Waals surface area contributed by atoms with E-state index in [1.807, 2.05) is 6.92 Å². The van der Waals surface area contributed by atoms with Crippen molar-refractivity contribution in [2.45, 2.75) is 38.3 Å². The first kappa shape index (κ1) is 15.4. The van der Waals surface area contributed by atoms with Crippen LogP contribution in [0.15, 0.2) is 18.2 Å². The van der Waals surface area contributed by atoms with Crippen LogP contribution >= 0.6 is 0 Å². The van der Waals surface area contributed by atoms with Gasteiger partial charge in [-0.05, 0) is 38.3 Å². The van der Waals surface area contributed by atoms with E-state index in [0.717, 1.165) is 18.4 Å². The highest BCUT2D eigenvalue weighted by Crippen LogP contribution is 2.31. The molecule has 5 heteroatoms. The molecule has 0 spiro atoms. The van der Waals surface area contributed by atoms with Crippen molar-refractivity contribution in [3.8, 4) is 0 Å². The lowest BCUT2D eigenvalue weighted by Gasteiger charge is -2.37. The molecule has 2 saturated heterocycles. The van der Waals surface area contributed by atoms with E-state index in [-0.39, 0.29) is 23.4 Å². The van der Waals surface area contributed by atoms with Crippen LogP contribution in [0.3, 0.4) is 0 Å². The Morgan fingerprint density at radius 3 is 3.00 bits per heavy atom. The Labute approximate surface area is 129 Å². The Bertz CT molecular complexity index is 563. The zero-order valence-electron chi connectivity index (χ0n) is 12.8. The van der Waals surface area contributed by atoms with Crippen LogP contribution in [0.1, 0.15) is 35.2 Å². The second kappa shape index (κ2) is 6.34. The number of aliphatic hydroxyl groups excluding tert-OH is 1. The van der Waals surface area contributed by atoms with Crippen molar-refractivity contribution in [2.24, 2.45) is 5.92 Å². The molecule has 1 amide bonds. The van der Waals surface area contributed by atoms with E-state index in [1.165, 1.54) is 6.07 Å². The van der Waals surface area contributed by atoms with Gasteiger partial charge >= 0.3 is 0 Å². The fourth-order valence-corrected chi connectivity index (χ4v) is 3.56. The summed E-state index contributed by atoms with van der Waals surface area (Å²) in [7, 11) is 0. The number of ether oxygens (including phenoxy) is 1. The highest BCUT2D eigenvalue weighted by Gasteiger charge is 2.40. The molecular formula is C17H22FNO3. The summed E-state index contributed by atoms with van der Waals surface area (Å²) in [6, 6.07) is 4.53. The first-order valence-corrected chi connectivity index (χ1v) is 7.91. The van der Waals surface area contributed by atoms with Crippen molar-refractivity contribution in [3.05, 3.63) is 35.1 Å². The zero-order chi connectivity index (χ0) is 15.7. The summed E-state index contributed by atoms with van der Waals surface area (Å²) in [6.07, 6.45) is 1.87. The van der Waals surface area contributed by atoms with Crippen molar-refractivity contribution in [1.29, 1.82) is 0 Å². The van der Waals surface area contributed by atoms with Crippen molar-refractivity contribution in [3.63, 3.8) is 0 Å². The average molecular weight is 307 g/mol. The van der Waals surface area contributed by atoms with Gasteiger partial charge in [-0.25, -0.2) is 4.39 Å². The second-order valence-electron chi connectivity index (χ2n) is 6.29. The van der Waals surface area contributed by atoms with E-state index in [0.29, 0.717) is 26.2 Å². The molecule has 3 rings (SSSR count). The molecule has 22 heavy (non-hydrogen) atoms. The Morgan fingerprint density at radius 1 is 1.41 bits per heavy atom. The Kier molecular flexibility index (Phi) is 4.45. The molecule has 0 saturated carbocycles. The van der Waals surface area contributed by atoms with Gasteiger partial charge in [-0.15, -0.1) is 0 Å². The number of rotatable bonds is 2. The minimum Gasteiger partial charge on any atom is -0.393 e. The van der Waals surface area contributed by atoms with Crippen molar-refractivity contribution in [2.75, 3.05) is 19.8 Å². The molecule has 0 bridgehead atoms. The van der Waals surface area contributed by atoms with Crippen LogP contribution in [0.4, 0.5) is 4.39 Å². The number of halogens is 1. The largest absolute Gasteiger partial charge is 0.393 e. The highest BCUT2D eigenvalue weighted by atomic mass is 19.1. The average Bonchev–Trinajstić information content (AvgIpc) is 2.99. The van der Waals surface area contributed by atoms with Crippen molar-refractivity contribution < 1.29 is 19.0 Å². The van der Waals surface area contributed by atoms with Crippen LogP contribution < -0.4 is 0 Å². The maximum absolute atomic E-state index is 14.0. The Hall–Kier alpha value is -1.46. The van der Waals surface area contributed by atoms with Crippen LogP contribution in [0.2, 0.25) is 0 Å². The number of amides is 1. The first-order valence-electron chi connectivity index (χ1n) is 7.91. The molecule has 2 aliphatic heterocycles. The van der Waals surface area contributed by atoms with E-state index in [4.69, 9.17) is 4.74 Å². The van der Waals surface area contributed by atoms with Gasteiger partial charge in [0.2, 0.25) is 0 Å². The summed E-state index contributed by atoms with van der Waals surface area (Å²) in [5, 5.41) is 10.2. The van der Waals surface area contributed by atoms with Gasteiger partial charge in [-0.1, -0.05) is 11.6 Å². The van der Waals surface area contributed by atoms with E-state index < -0.39 is 11.9 Å². The van der Waals surface area contributed by atoms with E-state index in [1.54, 1.807) is 17.0 Å². The first-order chi connectivity index (χ1) is 10.6. The van der Waals surface area contributed by atoms with Crippen LogP contribution in [-0.2, 0) is 4.74 Å². The number of hydrogen-bond acceptors (Lipinski definition) is 3. The third-order valence-electron chi connectivity index (χ3n) is 4.77. The normalized spacial score (nSPS) is 28.9. The summed E-state index contributed by atoms with van der Waals surface area (Å²) in [5.74, 6) is -0.837. The van der Waals surface area contributed by atoms with Gasteiger partial charge in [0.1, 0.15) is 5.82 Å². The minimum atomic E-state index is -0.485. The smallest absolute Gasteiger partial charge is 0.257 e. The Morgan fingerprint density at radius 2 is 2.23 bits per heavy atom. The quantitative estimate of drug-likeness (QED) is 0.910. The van der Waals surface area contributed by atoms with E-state index >= 15 is 0 Å². The molecule has 1 N–H and O–H groups in total. The van der Waals surface area contributed by atoms with Crippen LogP contribution in [0.5, 0.6) is 0 Å². The number of hydrogen-bond donors (Lipinski definition) is 1. The van der Waals surface area contributed by atoms with E-state index in [2.05, 4.69) is 0 Å². The fraction of sp³-hybridized carbons (Fsp3) is 0.588. The van der Waals surface area contributed by atoms with Gasteiger partial charge < -0.3 is 14.7 Å². The lowest BCUT2D eigenvalue weighted by atomic mass is 9.89. The highest BCUT2D eigenvalue weighted by molar-refractivity contribution is 5.95. The standard InChI is InChI=1S/C17H22FNO3/c1-11-4-5-14(18)12(9-11)17(21)19-7-2-3-15(19)13-10-22-8-6-16(13)20/h4-5,9,13,15-16,20H,2-3,6-8,10H2,1H3/t13-,15-,16+/m1/s1. The van der Waals surface area contributed by atoms with Crippen LogP contribution in [0.25, 0.3) is 0 Å². The van der Waals surface area contributed by atoms with Gasteiger partial charge in [-0.3, -0.25) is 4.79 Å². The fourth-order valence-electron chi connectivity index (χ4n) is 3.56. The topological polar surface area (TPSA) is 49.8 Å². The SMILES string of the molecule is Cc1ccc(F)c(C(=O)N2CCC[C@@H]2[C@H]2COCC[C@@H]2O)c1.